The van der Waals surface area contributed by atoms with Gasteiger partial charge >= 0.3 is 5.97 Å². The summed E-state index contributed by atoms with van der Waals surface area (Å²) in [7, 11) is 1.49. The molecule has 4 heteroatoms. The van der Waals surface area contributed by atoms with E-state index in [9.17, 15) is 4.79 Å². The number of nitrogens with one attached hydrogen (secondary N) is 1. The maximum atomic E-state index is 10.9. The summed E-state index contributed by atoms with van der Waals surface area (Å²) in [5.74, 6) is -0.526. The van der Waals surface area contributed by atoms with Gasteiger partial charge in [-0.1, -0.05) is 6.07 Å². The van der Waals surface area contributed by atoms with Gasteiger partial charge in [0.15, 0.2) is 0 Å². The standard InChI is InChI=1S/C12H15NO3/c1-16-11-7-8(10-3-2-6-13-10)4-5-9(11)12(14)15/h4-5,7,10,13H,2-3,6H2,1H3,(H,14,15)/t10-/m1/s1. The topological polar surface area (TPSA) is 58.6 Å². The van der Waals surface area contributed by atoms with Gasteiger partial charge in [-0.15, -0.1) is 0 Å². The molecular weight excluding hydrogens is 206 g/mol. The van der Waals surface area contributed by atoms with Crippen LogP contribution in [0.5, 0.6) is 5.75 Å². The molecule has 0 bridgehead atoms. The molecule has 1 aromatic carbocycles. The van der Waals surface area contributed by atoms with Crippen LogP contribution in [0.25, 0.3) is 0 Å². The minimum absolute atomic E-state index is 0.212. The van der Waals surface area contributed by atoms with E-state index in [1.807, 2.05) is 12.1 Å². The lowest BCUT2D eigenvalue weighted by molar-refractivity contribution is 0.0693. The highest BCUT2D eigenvalue weighted by Gasteiger charge is 2.19. The van der Waals surface area contributed by atoms with Crippen LogP contribution in [0.1, 0.15) is 34.8 Å². The summed E-state index contributed by atoms with van der Waals surface area (Å²) < 4.78 is 5.10. The van der Waals surface area contributed by atoms with Crippen molar-refractivity contribution in [1.82, 2.24) is 5.32 Å². The monoisotopic (exact) mass is 221 g/mol. The van der Waals surface area contributed by atoms with Crippen LogP contribution in [0, 0.1) is 0 Å². The zero-order valence-electron chi connectivity index (χ0n) is 9.19. The SMILES string of the molecule is COc1cc([C@H]2CCCN2)ccc1C(=O)O. The van der Waals surface area contributed by atoms with Gasteiger partial charge in [-0.05, 0) is 37.1 Å². The third kappa shape index (κ3) is 2.02. The summed E-state index contributed by atoms with van der Waals surface area (Å²) >= 11 is 0. The van der Waals surface area contributed by atoms with E-state index in [2.05, 4.69) is 5.32 Å². The molecule has 0 unspecified atom stereocenters. The second-order valence-corrected chi connectivity index (χ2v) is 3.91. The minimum Gasteiger partial charge on any atom is -0.496 e. The molecular formula is C12H15NO3. The molecule has 0 radical (unpaired) electrons. The molecule has 2 rings (SSSR count). The molecule has 0 amide bonds. The van der Waals surface area contributed by atoms with Crippen LogP contribution in [-0.4, -0.2) is 24.7 Å². The van der Waals surface area contributed by atoms with E-state index in [1.54, 1.807) is 6.07 Å². The molecule has 1 fully saturated rings. The number of carbonyl (C=O) groups is 1. The highest BCUT2D eigenvalue weighted by molar-refractivity contribution is 5.91. The van der Waals surface area contributed by atoms with Crippen molar-refractivity contribution in [2.75, 3.05) is 13.7 Å². The molecule has 1 aromatic rings. The number of hydrogen-bond donors (Lipinski definition) is 2. The Morgan fingerprint density at radius 1 is 1.56 bits per heavy atom. The molecule has 0 aromatic heterocycles. The minimum atomic E-state index is -0.956. The Hall–Kier alpha value is -1.55. The molecule has 0 spiro atoms. The van der Waals surface area contributed by atoms with Crippen LogP contribution in [0.3, 0.4) is 0 Å². The van der Waals surface area contributed by atoms with E-state index in [1.165, 1.54) is 7.11 Å². The van der Waals surface area contributed by atoms with Gasteiger partial charge in [0.1, 0.15) is 11.3 Å². The molecule has 1 heterocycles. The Labute approximate surface area is 94.2 Å². The van der Waals surface area contributed by atoms with Gasteiger partial charge in [0.2, 0.25) is 0 Å². The van der Waals surface area contributed by atoms with E-state index < -0.39 is 5.97 Å². The predicted octanol–water partition coefficient (Wildman–Crippen LogP) is 1.82. The van der Waals surface area contributed by atoms with Crippen LogP contribution in [0.4, 0.5) is 0 Å². The Morgan fingerprint density at radius 3 is 2.94 bits per heavy atom. The first-order chi connectivity index (χ1) is 7.72. The lowest BCUT2D eigenvalue weighted by Crippen LogP contribution is -2.13. The van der Waals surface area contributed by atoms with Crippen molar-refractivity contribution in [3.8, 4) is 5.75 Å². The number of aromatic carboxylic acids is 1. The zero-order chi connectivity index (χ0) is 11.5. The quantitative estimate of drug-likeness (QED) is 0.817. The number of ether oxygens (including phenoxy) is 1. The van der Waals surface area contributed by atoms with E-state index in [0.29, 0.717) is 11.8 Å². The molecule has 1 saturated heterocycles. The zero-order valence-corrected chi connectivity index (χ0v) is 9.19. The summed E-state index contributed by atoms with van der Waals surface area (Å²) in [6.45, 7) is 1.02. The lowest BCUT2D eigenvalue weighted by atomic mass is 10.0. The summed E-state index contributed by atoms with van der Waals surface area (Å²) in [5, 5.41) is 12.3. The molecule has 16 heavy (non-hydrogen) atoms. The molecule has 1 aliphatic rings. The molecule has 2 N–H and O–H groups in total. The average Bonchev–Trinajstić information content (AvgIpc) is 2.81. The van der Waals surface area contributed by atoms with Crippen LogP contribution < -0.4 is 10.1 Å². The number of hydrogen-bond acceptors (Lipinski definition) is 3. The van der Waals surface area contributed by atoms with Crippen molar-refractivity contribution in [2.45, 2.75) is 18.9 Å². The second kappa shape index (κ2) is 4.53. The second-order valence-electron chi connectivity index (χ2n) is 3.91. The normalized spacial score (nSPS) is 19.7. The molecule has 0 aliphatic carbocycles. The Balaban J connectivity index is 2.32. The van der Waals surface area contributed by atoms with Crippen LogP contribution in [0.15, 0.2) is 18.2 Å². The maximum Gasteiger partial charge on any atom is 0.339 e. The fourth-order valence-corrected chi connectivity index (χ4v) is 2.07. The van der Waals surface area contributed by atoms with Gasteiger partial charge in [0.25, 0.3) is 0 Å². The first-order valence-corrected chi connectivity index (χ1v) is 5.37. The largest absolute Gasteiger partial charge is 0.496 e. The van der Waals surface area contributed by atoms with Crippen molar-refractivity contribution >= 4 is 5.97 Å². The highest BCUT2D eigenvalue weighted by Crippen LogP contribution is 2.28. The van der Waals surface area contributed by atoms with Gasteiger partial charge in [-0.25, -0.2) is 4.79 Å². The highest BCUT2D eigenvalue weighted by atomic mass is 16.5. The molecule has 86 valence electrons. The maximum absolute atomic E-state index is 10.9. The smallest absolute Gasteiger partial charge is 0.339 e. The van der Waals surface area contributed by atoms with E-state index in [4.69, 9.17) is 9.84 Å². The van der Waals surface area contributed by atoms with Crippen molar-refractivity contribution in [3.63, 3.8) is 0 Å². The van der Waals surface area contributed by atoms with Crippen LogP contribution in [-0.2, 0) is 0 Å². The van der Waals surface area contributed by atoms with Crippen molar-refractivity contribution in [3.05, 3.63) is 29.3 Å². The Morgan fingerprint density at radius 2 is 2.38 bits per heavy atom. The fourth-order valence-electron chi connectivity index (χ4n) is 2.07. The van der Waals surface area contributed by atoms with Gasteiger partial charge in [0.05, 0.1) is 7.11 Å². The van der Waals surface area contributed by atoms with Crippen molar-refractivity contribution < 1.29 is 14.6 Å². The van der Waals surface area contributed by atoms with E-state index in [0.717, 1.165) is 24.9 Å². The van der Waals surface area contributed by atoms with Gasteiger partial charge in [-0.3, -0.25) is 0 Å². The van der Waals surface area contributed by atoms with E-state index >= 15 is 0 Å². The van der Waals surface area contributed by atoms with Gasteiger partial charge in [0, 0.05) is 6.04 Å². The van der Waals surface area contributed by atoms with Crippen molar-refractivity contribution in [2.24, 2.45) is 0 Å². The summed E-state index contributed by atoms with van der Waals surface area (Å²) in [6.07, 6.45) is 2.25. The first kappa shape index (κ1) is 11.0. The molecule has 0 saturated carbocycles. The number of carboxylic acids is 1. The summed E-state index contributed by atoms with van der Waals surface area (Å²) in [5.41, 5.74) is 1.31. The van der Waals surface area contributed by atoms with Gasteiger partial charge in [-0.2, -0.15) is 0 Å². The Kier molecular flexibility index (Phi) is 3.10. The van der Waals surface area contributed by atoms with Crippen LogP contribution in [0.2, 0.25) is 0 Å². The number of carboxylic acid groups (broad SMARTS) is 1. The number of benzene rings is 1. The van der Waals surface area contributed by atoms with Crippen molar-refractivity contribution in [1.29, 1.82) is 0 Å². The first-order valence-electron chi connectivity index (χ1n) is 5.37. The molecule has 4 nitrogen and oxygen atoms in total. The third-order valence-electron chi connectivity index (χ3n) is 2.92. The fraction of sp³-hybridized carbons (Fsp3) is 0.417. The molecule has 1 aliphatic heterocycles. The van der Waals surface area contributed by atoms with E-state index in [-0.39, 0.29) is 5.56 Å². The number of methoxy groups -OCH3 is 1. The van der Waals surface area contributed by atoms with Crippen LogP contribution >= 0.6 is 0 Å². The lowest BCUT2D eigenvalue weighted by Gasteiger charge is -2.13. The number of rotatable bonds is 3. The average molecular weight is 221 g/mol. The summed E-state index contributed by atoms with van der Waals surface area (Å²) in [6, 6.07) is 5.61. The predicted molar refractivity (Wildman–Crippen MR) is 59.9 cm³/mol. The Bertz CT molecular complexity index is 397. The third-order valence-corrected chi connectivity index (χ3v) is 2.92. The van der Waals surface area contributed by atoms with Gasteiger partial charge < -0.3 is 15.2 Å². The molecule has 1 atom stereocenters. The summed E-state index contributed by atoms with van der Waals surface area (Å²) in [4.78, 5) is 10.9.